The Hall–Kier alpha value is -3.01. The lowest BCUT2D eigenvalue weighted by atomic mass is 9.64. The van der Waals surface area contributed by atoms with Crippen LogP contribution in [-0.4, -0.2) is 62.4 Å². The number of aliphatic hydroxyl groups excluding tert-OH is 1. The summed E-state index contributed by atoms with van der Waals surface area (Å²) in [7, 11) is 3.08. The molecule has 7 atom stereocenters. The van der Waals surface area contributed by atoms with Crippen molar-refractivity contribution in [3.63, 3.8) is 0 Å². The van der Waals surface area contributed by atoms with Crippen LogP contribution in [0.25, 0.3) is 6.08 Å². The lowest BCUT2D eigenvalue weighted by Gasteiger charge is -2.43. The Balaban J connectivity index is 1.76. The number of fused-ring (bicyclic) bond motifs is 3. The number of carbonyl (C=O) groups excluding carboxylic acids is 2. The first-order valence-electron chi connectivity index (χ1n) is 12.5. The van der Waals surface area contributed by atoms with Crippen molar-refractivity contribution in [2.45, 2.75) is 57.7 Å². The van der Waals surface area contributed by atoms with E-state index in [1.54, 1.807) is 42.2 Å². The first-order chi connectivity index (χ1) is 17.4. The fourth-order valence-corrected chi connectivity index (χ4v) is 5.83. The number of hydrogen-bond acceptors (Lipinski definition) is 8. The summed E-state index contributed by atoms with van der Waals surface area (Å²) in [6.07, 6.45) is 11.6. The molecule has 1 aliphatic carbocycles. The van der Waals surface area contributed by atoms with Gasteiger partial charge in [0.25, 0.3) is 0 Å². The average molecular weight is 513 g/mol. The molecule has 0 unspecified atom stereocenters. The van der Waals surface area contributed by atoms with Crippen molar-refractivity contribution < 1.29 is 34.0 Å². The summed E-state index contributed by atoms with van der Waals surface area (Å²) < 4.78 is 18.8. The van der Waals surface area contributed by atoms with Gasteiger partial charge in [-0.05, 0) is 62.2 Å². The molecule has 3 heterocycles. The fraction of sp³-hybridized carbons (Fsp3) is 0.536. The third kappa shape index (κ3) is 5.21. The maximum absolute atomic E-state index is 12.9. The maximum Gasteiger partial charge on any atom is 0.339 e. The van der Waals surface area contributed by atoms with Crippen LogP contribution >= 0.6 is 0 Å². The summed E-state index contributed by atoms with van der Waals surface area (Å²) in [6, 6.07) is 0. The van der Waals surface area contributed by atoms with Crippen molar-refractivity contribution >= 4 is 18.0 Å². The predicted molar refractivity (Wildman–Crippen MR) is 135 cm³/mol. The third-order valence-electron chi connectivity index (χ3n) is 7.74. The van der Waals surface area contributed by atoms with Crippen LogP contribution in [0.3, 0.4) is 0 Å². The van der Waals surface area contributed by atoms with E-state index in [1.807, 2.05) is 33.9 Å². The van der Waals surface area contributed by atoms with Crippen LogP contribution in [0, 0.1) is 23.7 Å². The van der Waals surface area contributed by atoms with E-state index in [0.717, 1.165) is 5.57 Å². The monoisotopic (exact) mass is 512 g/mol. The zero-order valence-electron chi connectivity index (χ0n) is 22.1. The zero-order valence-corrected chi connectivity index (χ0v) is 22.1. The van der Waals surface area contributed by atoms with Crippen LogP contribution < -0.4 is 0 Å². The Morgan fingerprint density at radius 3 is 2.65 bits per heavy atom. The van der Waals surface area contributed by atoms with Gasteiger partial charge in [0, 0.05) is 19.3 Å². The van der Waals surface area contributed by atoms with Gasteiger partial charge >= 0.3 is 11.9 Å². The van der Waals surface area contributed by atoms with Crippen molar-refractivity contribution in [3.05, 3.63) is 59.7 Å². The first kappa shape index (κ1) is 27.0. The topological polar surface area (TPSA) is 120 Å². The number of aliphatic hydroxyl groups is 2. The molecule has 0 fully saturated rings. The normalized spacial score (nSPS) is 36.7. The van der Waals surface area contributed by atoms with E-state index in [9.17, 15) is 19.8 Å². The minimum atomic E-state index is -2.08. The first-order valence-corrected chi connectivity index (χ1v) is 12.5. The van der Waals surface area contributed by atoms with Crippen molar-refractivity contribution in [1.82, 2.24) is 9.55 Å². The number of carbonyl (C=O) groups is 2. The van der Waals surface area contributed by atoms with Gasteiger partial charge in [-0.1, -0.05) is 31.6 Å². The lowest BCUT2D eigenvalue weighted by molar-refractivity contribution is -0.216. The largest absolute Gasteiger partial charge is 0.466 e. The molecule has 0 spiro atoms. The molecule has 9 heteroatoms. The molecule has 0 amide bonds. The predicted octanol–water partition coefficient (Wildman–Crippen LogP) is 2.71. The molecule has 3 aliphatic rings. The molecule has 2 N–H and O–H groups in total. The summed E-state index contributed by atoms with van der Waals surface area (Å²) in [6.45, 7) is 7.66. The molecule has 1 aromatic heterocycles. The average Bonchev–Trinajstić information content (AvgIpc) is 3.39. The number of aromatic nitrogens is 2. The Labute approximate surface area is 217 Å². The smallest absolute Gasteiger partial charge is 0.339 e. The highest BCUT2D eigenvalue weighted by Crippen LogP contribution is 2.49. The van der Waals surface area contributed by atoms with Crippen molar-refractivity contribution in [2.24, 2.45) is 30.7 Å². The number of hydrogen-bond donors (Lipinski definition) is 2. The van der Waals surface area contributed by atoms with Crippen molar-refractivity contribution in [3.8, 4) is 0 Å². The van der Waals surface area contributed by atoms with E-state index in [2.05, 4.69) is 4.98 Å². The minimum Gasteiger partial charge on any atom is -0.466 e. The number of esters is 2. The van der Waals surface area contributed by atoms with Gasteiger partial charge in [0.1, 0.15) is 11.7 Å². The molecule has 1 aromatic rings. The van der Waals surface area contributed by atoms with Crippen molar-refractivity contribution in [2.75, 3.05) is 7.11 Å². The molecular weight excluding hydrogens is 476 g/mol. The van der Waals surface area contributed by atoms with E-state index < -0.39 is 35.5 Å². The number of nitrogens with zero attached hydrogens (tertiary/aromatic N) is 2. The molecule has 2 aliphatic heterocycles. The van der Waals surface area contributed by atoms with Crippen LogP contribution in [0.1, 0.15) is 39.8 Å². The van der Waals surface area contributed by atoms with Gasteiger partial charge in [-0.25, -0.2) is 14.6 Å². The van der Waals surface area contributed by atoms with Crippen LogP contribution in [-0.2, 0) is 30.8 Å². The summed E-state index contributed by atoms with van der Waals surface area (Å²) in [4.78, 5) is 30.0. The number of imidazole rings is 1. The van der Waals surface area contributed by atoms with Gasteiger partial charge in [-0.15, -0.1) is 0 Å². The number of aryl methyl sites for hydroxylation is 1. The summed E-state index contributed by atoms with van der Waals surface area (Å²) in [5, 5.41) is 22.5. The van der Waals surface area contributed by atoms with E-state index in [-0.39, 0.29) is 29.2 Å². The molecule has 9 nitrogen and oxygen atoms in total. The molecule has 0 saturated carbocycles. The number of allylic oxidation sites excluding steroid dienone is 2. The maximum atomic E-state index is 12.9. The highest BCUT2D eigenvalue weighted by atomic mass is 16.7. The Kier molecular flexibility index (Phi) is 7.34. The zero-order chi connectivity index (χ0) is 27.1. The molecular formula is C28H36N2O7. The van der Waals surface area contributed by atoms with E-state index in [4.69, 9.17) is 14.2 Å². The molecule has 0 saturated heterocycles. The third-order valence-corrected chi connectivity index (χ3v) is 7.74. The molecule has 2 bridgehead atoms. The van der Waals surface area contributed by atoms with Crippen LogP contribution in [0.5, 0.6) is 0 Å². The van der Waals surface area contributed by atoms with Gasteiger partial charge in [0.05, 0.1) is 30.8 Å². The lowest BCUT2D eigenvalue weighted by Crippen LogP contribution is -2.47. The number of ether oxygens (including phenoxy) is 3. The Morgan fingerprint density at radius 2 is 2.03 bits per heavy atom. The molecule has 0 radical (unpaired) electrons. The molecule has 0 aromatic carbocycles. The van der Waals surface area contributed by atoms with Crippen LogP contribution in [0.2, 0.25) is 0 Å². The van der Waals surface area contributed by atoms with E-state index in [0.29, 0.717) is 12.1 Å². The van der Waals surface area contributed by atoms with Crippen molar-refractivity contribution in [1.29, 1.82) is 0 Å². The van der Waals surface area contributed by atoms with Gasteiger partial charge in [0.15, 0.2) is 0 Å². The second-order valence-electron chi connectivity index (χ2n) is 10.8. The van der Waals surface area contributed by atoms with Gasteiger partial charge < -0.3 is 29.0 Å². The van der Waals surface area contributed by atoms with Gasteiger partial charge in [0.2, 0.25) is 5.79 Å². The molecule has 37 heavy (non-hydrogen) atoms. The summed E-state index contributed by atoms with van der Waals surface area (Å²) in [5.41, 5.74) is 0.240. The highest BCUT2D eigenvalue weighted by Gasteiger charge is 2.54. The molecule has 200 valence electrons. The van der Waals surface area contributed by atoms with Crippen LogP contribution in [0.4, 0.5) is 0 Å². The number of methoxy groups -OCH3 is 1. The second kappa shape index (κ2) is 10.0. The molecule has 4 rings (SSSR count). The van der Waals surface area contributed by atoms with Gasteiger partial charge in [-0.2, -0.15) is 0 Å². The standard InChI is InChI=1S/C28H36N2O7/c1-16(2)25-20-12-21(26(33)35-6)28(34)10-9-27(4,37-28)23(13-19(20)17(3)11-22(25)31)36-24(32)8-7-18-14-30(5)15-29-18/h7-12,14-16,19-20,22-23,25,31,34H,13H2,1-6H3/b8-7+,21-12-/t19-,20-,22+,23-,25+,27-,28+/m0/s1. The Morgan fingerprint density at radius 1 is 1.30 bits per heavy atom. The fourth-order valence-electron chi connectivity index (χ4n) is 5.83. The van der Waals surface area contributed by atoms with E-state index in [1.165, 1.54) is 19.3 Å². The highest BCUT2D eigenvalue weighted by molar-refractivity contribution is 5.91. The minimum absolute atomic E-state index is 0.0560. The summed E-state index contributed by atoms with van der Waals surface area (Å²) >= 11 is 0. The Bertz CT molecular complexity index is 1180. The van der Waals surface area contributed by atoms with E-state index >= 15 is 0 Å². The van der Waals surface area contributed by atoms with Crippen LogP contribution in [0.15, 0.2) is 54.1 Å². The quantitative estimate of drug-likeness (QED) is 0.351. The SMILES string of the molecule is COC(=O)/C1=C/[C@@H]2[C@@H](C(C)C)[C@H](O)C=C(C)[C@@H]2C[C@H](OC(=O)/C=C/c2cn(C)cn2)[C@]2(C)C=C[C@@]1(O)O2. The summed E-state index contributed by atoms with van der Waals surface area (Å²) in [5.74, 6) is -4.11. The number of rotatable bonds is 5. The second-order valence-corrected chi connectivity index (χ2v) is 10.8. The van der Waals surface area contributed by atoms with Gasteiger partial charge in [-0.3, -0.25) is 0 Å².